The van der Waals surface area contributed by atoms with Gasteiger partial charge in [-0.1, -0.05) is 0 Å². The number of halogens is 1. The van der Waals surface area contributed by atoms with Gasteiger partial charge in [0.2, 0.25) is 15.9 Å². The zero-order valence-electron chi connectivity index (χ0n) is 15.9. The fourth-order valence-corrected chi connectivity index (χ4v) is 3.44. The fourth-order valence-electron chi connectivity index (χ4n) is 2.54. The van der Waals surface area contributed by atoms with Gasteiger partial charge in [-0.05, 0) is 48.5 Å². The van der Waals surface area contributed by atoms with E-state index in [-0.39, 0.29) is 23.0 Å². The normalized spacial score (nSPS) is 11.6. The number of carbonyl (C=O) groups excluding carboxylic acids is 1. The molecule has 0 unspecified atom stereocenters. The first-order valence-corrected chi connectivity index (χ1v) is 10.2. The molecule has 7 nitrogen and oxygen atoms in total. The Balaban J connectivity index is 1.56. The number of rotatable bonds is 7. The molecule has 1 amide bonds. The summed E-state index contributed by atoms with van der Waals surface area (Å²) in [6.07, 6.45) is 1.96. The number of benzene rings is 2. The average Bonchev–Trinajstić information content (AvgIpc) is 3.16. The monoisotopic (exact) mass is 417 g/mol. The molecule has 0 spiro atoms. The maximum absolute atomic E-state index is 13.0. The molecule has 3 rings (SSSR count). The summed E-state index contributed by atoms with van der Waals surface area (Å²) in [5.74, 6) is 0.303. The number of hydrogen-bond acceptors (Lipinski definition) is 5. The van der Waals surface area contributed by atoms with Crippen molar-refractivity contribution in [1.29, 1.82) is 0 Å². The maximum atomic E-state index is 13.0. The summed E-state index contributed by atoms with van der Waals surface area (Å²) in [6.45, 7) is 0. The Hall–Kier alpha value is -3.04. The second-order valence-electron chi connectivity index (χ2n) is 6.49. The smallest absolute Gasteiger partial charge is 0.242 e. The third kappa shape index (κ3) is 5.07. The predicted molar refractivity (Wildman–Crippen MR) is 106 cm³/mol. The van der Waals surface area contributed by atoms with Crippen molar-refractivity contribution in [2.24, 2.45) is 0 Å². The summed E-state index contributed by atoms with van der Waals surface area (Å²) in [5.41, 5.74) is 1.19. The number of carbonyl (C=O) groups is 1. The van der Waals surface area contributed by atoms with E-state index in [1.165, 1.54) is 56.7 Å². The zero-order chi connectivity index (χ0) is 21.0. The largest absolute Gasteiger partial charge is 0.441 e. The van der Waals surface area contributed by atoms with Crippen molar-refractivity contribution in [2.45, 2.75) is 17.7 Å². The lowest BCUT2D eigenvalue weighted by Gasteiger charge is -2.12. The number of aromatic nitrogens is 1. The molecule has 0 aliphatic heterocycles. The summed E-state index contributed by atoms with van der Waals surface area (Å²) in [4.78, 5) is 16.4. The van der Waals surface area contributed by atoms with Gasteiger partial charge < -0.3 is 9.73 Å². The van der Waals surface area contributed by atoms with Crippen LogP contribution in [0.15, 0.2) is 64.0 Å². The first-order chi connectivity index (χ1) is 13.8. The summed E-state index contributed by atoms with van der Waals surface area (Å²) >= 11 is 0. The Morgan fingerprint density at radius 3 is 2.38 bits per heavy atom. The molecule has 1 N–H and O–H groups in total. The molecule has 0 atom stereocenters. The molecule has 29 heavy (non-hydrogen) atoms. The van der Waals surface area contributed by atoms with E-state index in [4.69, 9.17) is 4.42 Å². The van der Waals surface area contributed by atoms with E-state index < -0.39 is 10.0 Å². The van der Waals surface area contributed by atoms with E-state index in [1.807, 2.05) is 0 Å². The minimum absolute atomic E-state index is 0.140. The van der Waals surface area contributed by atoms with Crippen molar-refractivity contribution in [1.82, 2.24) is 9.29 Å². The Morgan fingerprint density at radius 1 is 1.10 bits per heavy atom. The van der Waals surface area contributed by atoms with Crippen LogP contribution >= 0.6 is 0 Å². The van der Waals surface area contributed by atoms with Gasteiger partial charge in [-0.3, -0.25) is 4.79 Å². The van der Waals surface area contributed by atoms with Crippen molar-refractivity contribution >= 4 is 21.6 Å². The van der Waals surface area contributed by atoms with Gasteiger partial charge in [-0.2, -0.15) is 0 Å². The summed E-state index contributed by atoms with van der Waals surface area (Å²) in [6, 6.07) is 11.8. The molecule has 1 aromatic heterocycles. The average molecular weight is 417 g/mol. The fraction of sp³-hybridized carbons (Fsp3) is 0.200. The first-order valence-electron chi connectivity index (χ1n) is 8.79. The van der Waals surface area contributed by atoms with Crippen LogP contribution in [0.1, 0.15) is 12.3 Å². The topological polar surface area (TPSA) is 92.5 Å². The number of hydrogen-bond donors (Lipinski definition) is 1. The highest BCUT2D eigenvalue weighted by Gasteiger charge is 2.17. The molecule has 2 aromatic carbocycles. The summed E-state index contributed by atoms with van der Waals surface area (Å²) in [7, 11) is -0.605. The lowest BCUT2D eigenvalue weighted by atomic mass is 10.2. The first kappa shape index (κ1) is 20.7. The van der Waals surface area contributed by atoms with Crippen LogP contribution in [0, 0.1) is 5.82 Å². The third-order valence-electron chi connectivity index (χ3n) is 4.16. The number of nitrogens with zero attached hydrogens (tertiary/aromatic N) is 2. The molecule has 0 saturated heterocycles. The number of nitrogens with one attached hydrogen (secondary N) is 1. The molecule has 3 aromatic rings. The van der Waals surface area contributed by atoms with Crippen LogP contribution < -0.4 is 5.32 Å². The van der Waals surface area contributed by atoms with Crippen LogP contribution in [0.5, 0.6) is 0 Å². The number of amides is 1. The molecular formula is C20H20FN3O4S. The Morgan fingerprint density at radius 2 is 1.76 bits per heavy atom. The van der Waals surface area contributed by atoms with Gasteiger partial charge >= 0.3 is 0 Å². The quantitative estimate of drug-likeness (QED) is 0.637. The molecular weight excluding hydrogens is 397 g/mol. The van der Waals surface area contributed by atoms with Gasteiger partial charge in [0.1, 0.15) is 5.82 Å². The zero-order valence-corrected chi connectivity index (χ0v) is 16.7. The number of aryl methyl sites for hydroxylation is 1. The predicted octanol–water partition coefficient (Wildman–Crippen LogP) is 3.30. The van der Waals surface area contributed by atoms with Gasteiger partial charge in [0.25, 0.3) is 0 Å². The molecule has 0 aliphatic carbocycles. The highest BCUT2D eigenvalue weighted by Crippen LogP contribution is 2.21. The van der Waals surface area contributed by atoms with Crippen molar-refractivity contribution in [2.75, 3.05) is 19.4 Å². The Kier molecular flexibility index (Phi) is 6.09. The maximum Gasteiger partial charge on any atom is 0.242 e. The lowest BCUT2D eigenvalue weighted by molar-refractivity contribution is -0.116. The molecule has 152 valence electrons. The van der Waals surface area contributed by atoms with Crippen molar-refractivity contribution in [3.8, 4) is 11.3 Å². The standard InChI is InChI=1S/C20H20FN3O4S/c1-24(2)29(26,27)17-9-7-16(8-10-17)23-19(25)11-12-20-22-13-18(28-20)14-3-5-15(21)6-4-14/h3-10,13H,11-12H2,1-2H3,(H,23,25). The van der Waals surface area contributed by atoms with Crippen LogP contribution in [0.2, 0.25) is 0 Å². The van der Waals surface area contributed by atoms with Crippen LogP contribution in [-0.4, -0.2) is 37.7 Å². The van der Waals surface area contributed by atoms with Crippen LogP contribution in [-0.2, 0) is 21.2 Å². The second kappa shape index (κ2) is 8.54. The highest BCUT2D eigenvalue weighted by molar-refractivity contribution is 7.89. The van der Waals surface area contributed by atoms with Crippen LogP contribution in [0.4, 0.5) is 10.1 Å². The number of oxazole rings is 1. The van der Waals surface area contributed by atoms with E-state index in [0.29, 0.717) is 29.3 Å². The summed E-state index contributed by atoms with van der Waals surface area (Å²) in [5, 5.41) is 2.71. The van der Waals surface area contributed by atoms with Crippen molar-refractivity contribution in [3.63, 3.8) is 0 Å². The van der Waals surface area contributed by atoms with Crippen molar-refractivity contribution < 1.29 is 22.0 Å². The van der Waals surface area contributed by atoms with Crippen LogP contribution in [0.25, 0.3) is 11.3 Å². The van der Waals surface area contributed by atoms with Gasteiger partial charge in [0.05, 0.1) is 11.1 Å². The molecule has 0 fully saturated rings. The lowest BCUT2D eigenvalue weighted by Crippen LogP contribution is -2.22. The minimum atomic E-state index is -3.51. The Labute approximate surface area is 168 Å². The van der Waals surface area contributed by atoms with Crippen molar-refractivity contribution in [3.05, 3.63) is 66.4 Å². The molecule has 1 heterocycles. The minimum Gasteiger partial charge on any atom is -0.441 e. The SMILES string of the molecule is CN(C)S(=O)(=O)c1ccc(NC(=O)CCc2ncc(-c3ccc(F)cc3)o2)cc1. The van der Waals surface area contributed by atoms with E-state index in [9.17, 15) is 17.6 Å². The van der Waals surface area contributed by atoms with Gasteiger partial charge in [-0.15, -0.1) is 0 Å². The molecule has 0 radical (unpaired) electrons. The number of sulfonamides is 1. The van der Waals surface area contributed by atoms with E-state index in [0.717, 1.165) is 4.31 Å². The van der Waals surface area contributed by atoms with Gasteiger partial charge in [0, 0.05) is 38.2 Å². The molecule has 9 heteroatoms. The third-order valence-corrected chi connectivity index (χ3v) is 5.99. The summed E-state index contributed by atoms with van der Waals surface area (Å²) < 4.78 is 43.8. The molecule has 0 bridgehead atoms. The second-order valence-corrected chi connectivity index (χ2v) is 8.64. The Bertz CT molecular complexity index is 1090. The van der Waals surface area contributed by atoms with Gasteiger partial charge in [0.15, 0.2) is 11.7 Å². The van der Waals surface area contributed by atoms with Crippen LogP contribution in [0.3, 0.4) is 0 Å². The highest BCUT2D eigenvalue weighted by atomic mass is 32.2. The van der Waals surface area contributed by atoms with Gasteiger partial charge in [-0.25, -0.2) is 22.1 Å². The van der Waals surface area contributed by atoms with E-state index in [2.05, 4.69) is 10.3 Å². The van der Waals surface area contributed by atoms with E-state index >= 15 is 0 Å². The number of anilines is 1. The molecule has 0 saturated carbocycles. The van der Waals surface area contributed by atoms with E-state index in [1.54, 1.807) is 12.1 Å². The molecule has 0 aliphatic rings.